The molecule has 4 rings (SSSR count). The molecule has 2 aromatic carbocycles. The number of nitrogens with zero attached hydrogens (tertiary/aromatic N) is 1. The van der Waals surface area contributed by atoms with E-state index in [9.17, 15) is 14.0 Å². The number of hydrogen-bond acceptors (Lipinski definition) is 3. The lowest BCUT2D eigenvalue weighted by Crippen LogP contribution is -2.25. The number of rotatable bonds is 1. The Morgan fingerprint density at radius 3 is 2.48 bits per heavy atom. The van der Waals surface area contributed by atoms with Crippen LogP contribution >= 0.6 is 0 Å². The van der Waals surface area contributed by atoms with Crippen molar-refractivity contribution in [1.82, 2.24) is 4.90 Å². The van der Waals surface area contributed by atoms with Gasteiger partial charge in [0, 0.05) is 7.05 Å². The van der Waals surface area contributed by atoms with Crippen LogP contribution in [0, 0.1) is 5.82 Å². The lowest BCUT2D eigenvalue weighted by atomic mass is 9.99. The maximum atomic E-state index is 13.2. The zero-order valence-corrected chi connectivity index (χ0v) is 12.2. The van der Waals surface area contributed by atoms with E-state index in [1.165, 1.54) is 17.0 Å². The molecule has 0 radical (unpaired) electrons. The van der Waals surface area contributed by atoms with E-state index in [1.807, 2.05) is 0 Å². The summed E-state index contributed by atoms with van der Waals surface area (Å²) in [7, 11) is 1.61. The van der Waals surface area contributed by atoms with Gasteiger partial charge in [-0.2, -0.15) is 0 Å². The molecule has 1 amide bonds. The second-order valence-electron chi connectivity index (χ2n) is 5.54. The fraction of sp³-hybridized carbons (Fsp3) is 0.111. The fourth-order valence-corrected chi connectivity index (χ4v) is 3.07. The molecule has 3 aromatic rings. The van der Waals surface area contributed by atoms with Gasteiger partial charge in [-0.3, -0.25) is 9.59 Å². The Balaban J connectivity index is 2.03. The third-order valence-corrected chi connectivity index (χ3v) is 4.19. The summed E-state index contributed by atoms with van der Waals surface area (Å²) in [5.74, 6) is -0.658. The second kappa shape index (κ2) is 4.78. The van der Waals surface area contributed by atoms with Crippen LogP contribution in [0.1, 0.15) is 27.7 Å². The molecule has 0 aliphatic carbocycles. The van der Waals surface area contributed by atoms with Crippen LogP contribution in [0.3, 0.4) is 0 Å². The van der Waals surface area contributed by atoms with Gasteiger partial charge in [0.1, 0.15) is 11.4 Å². The summed E-state index contributed by atoms with van der Waals surface area (Å²) in [6.07, 6.45) is 0. The van der Waals surface area contributed by atoms with Gasteiger partial charge in [-0.25, -0.2) is 4.39 Å². The van der Waals surface area contributed by atoms with Crippen molar-refractivity contribution in [3.05, 3.63) is 81.5 Å². The molecule has 4 nitrogen and oxygen atoms in total. The first kappa shape index (κ1) is 13.7. The Bertz CT molecular complexity index is 991. The highest BCUT2D eigenvalue weighted by molar-refractivity contribution is 5.98. The van der Waals surface area contributed by atoms with Gasteiger partial charge in [0.05, 0.1) is 17.0 Å². The van der Waals surface area contributed by atoms with Crippen LogP contribution in [-0.4, -0.2) is 17.9 Å². The SMILES string of the molecule is CN1C(=O)c2oc3ccccc3c(=O)c2[C@@H]1c1ccc(F)cc1. The number of fused-ring (bicyclic) bond motifs is 2. The molecule has 0 unspecified atom stereocenters. The third kappa shape index (κ3) is 1.90. The Morgan fingerprint density at radius 1 is 1.04 bits per heavy atom. The van der Waals surface area contributed by atoms with Gasteiger partial charge >= 0.3 is 0 Å². The first-order valence-electron chi connectivity index (χ1n) is 7.16. The lowest BCUT2D eigenvalue weighted by Gasteiger charge is -2.20. The summed E-state index contributed by atoms with van der Waals surface area (Å²) in [4.78, 5) is 26.8. The molecule has 114 valence electrons. The zero-order valence-electron chi connectivity index (χ0n) is 12.2. The average molecular weight is 309 g/mol. The Labute approximate surface area is 130 Å². The van der Waals surface area contributed by atoms with Crippen molar-refractivity contribution < 1.29 is 13.6 Å². The molecule has 1 aliphatic heterocycles. The molecule has 1 aliphatic rings. The van der Waals surface area contributed by atoms with Gasteiger partial charge in [0.15, 0.2) is 5.43 Å². The molecule has 1 aromatic heterocycles. The minimum atomic E-state index is -0.570. The molecule has 0 bridgehead atoms. The van der Waals surface area contributed by atoms with E-state index in [0.29, 0.717) is 22.1 Å². The van der Waals surface area contributed by atoms with E-state index in [1.54, 1.807) is 43.4 Å². The van der Waals surface area contributed by atoms with E-state index in [-0.39, 0.29) is 22.9 Å². The summed E-state index contributed by atoms with van der Waals surface area (Å²) in [6, 6.07) is 12.0. The summed E-state index contributed by atoms with van der Waals surface area (Å²) in [5.41, 5.74) is 1.14. The Kier molecular flexibility index (Phi) is 2.84. The van der Waals surface area contributed by atoms with Crippen molar-refractivity contribution in [1.29, 1.82) is 0 Å². The third-order valence-electron chi connectivity index (χ3n) is 4.19. The number of hydrogen-bond donors (Lipinski definition) is 0. The highest BCUT2D eigenvalue weighted by Gasteiger charge is 2.40. The van der Waals surface area contributed by atoms with Gasteiger partial charge in [-0.15, -0.1) is 0 Å². The molecule has 0 saturated heterocycles. The maximum absolute atomic E-state index is 13.2. The van der Waals surface area contributed by atoms with Crippen LogP contribution in [0.5, 0.6) is 0 Å². The molecule has 0 N–H and O–H groups in total. The molecule has 0 spiro atoms. The quantitative estimate of drug-likeness (QED) is 0.694. The number of amides is 1. The summed E-state index contributed by atoms with van der Waals surface area (Å²) < 4.78 is 18.8. The van der Waals surface area contributed by atoms with E-state index in [4.69, 9.17) is 4.42 Å². The molecule has 23 heavy (non-hydrogen) atoms. The fourth-order valence-electron chi connectivity index (χ4n) is 3.07. The van der Waals surface area contributed by atoms with Gasteiger partial charge in [0.2, 0.25) is 5.76 Å². The number of carbonyl (C=O) groups excluding carboxylic acids is 1. The molecule has 5 heteroatoms. The topological polar surface area (TPSA) is 50.5 Å². The number of benzene rings is 2. The van der Waals surface area contributed by atoms with Gasteiger partial charge in [-0.05, 0) is 29.8 Å². The van der Waals surface area contributed by atoms with Crippen molar-refractivity contribution in [3.8, 4) is 0 Å². The first-order chi connectivity index (χ1) is 11.1. The van der Waals surface area contributed by atoms with Gasteiger partial charge in [-0.1, -0.05) is 24.3 Å². The van der Waals surface area contributed by atoms with Crippen molar-refractivity contribution in [2.45, 2.75) is 6.04 Å². The monoisotopic (exact) mass is 309 g/mol. The summed E-state index contributed by atoms with van der Waals surface area (Å²) in [6.45, 7) is 0. The first-order valence-corrected chi connectivity index (χ1v) is 7.16. The van der Waals surface area contributed by atoms with Gasteiger partial charge in [0.25, 0.3) is 5.91 Å². The van der Waals surface area contributed by atoms with Crippen LogP contribution in [0.25, 0.3) is 11.0 Å². The summed E-state index contributed by atoms with van der Waals surface area (Å²) >= 11 is 0. The lowest BCUT2D eigenvalue weighted by molar-refractivity contribution is 0.0771. The molecule has 0 fully saturated rings. The minimum Gasteiger partial charge on any atom is -0.450 e. The number of carbonyl (C=O) groups is 1. The molecule has 1 atom stereocenters. The van der Waals surface area contributed by atoms with Crippen LogP contribution < -0.4 is 5.43 Å². The van der Waals surface area contributed by atoms with Crippen molar-refractivity contribution in [2.24, 2.45) is 0 Å². The Morgan fingerprint density at radius 2 is 1.74 bits per heavy atom. The predicted molar refractivity (Wildman–Crippen MR) is 82.8 cm³/mol. The number of para-hydroxylation sites is 1. The van der Waals surface area contributed by atoms with E-state index >= 15 is 0 Å². The van der Waals surface area contributed by atoms with Crippen molar-refractivity contribution in [3.63, 3.8) is 0 Å². The largest absolute Gasteiger partial charge is 0.450 e. The molecular weight excluding hydrogens is 297 g/mol. The van der Waals surface area contributed by atoms with Crippen molar-refractivity contribution in [2.75, 3.05) is 7.05 Å². The maximum Gasteiger partial charge on any atom is 0.290 e. The van der Waals surface area contributed by atoms with Crippen LogP contribution in [-0.2, 0) is 0 Å². The van der Waals surface area contributed by atoms with E-state index in [2.05, 4.69) is 0 Å². The minimum absolute atomic E-state index is 0.0607. The second-order valence-corrected chi connectivity index (χ2v) is 5.54. The molecular formula is C18H12FNO3. The van der Waals surface area contributed by atoms with Crippen LogP contribution in [0.15, 0.2) is 57.7 Å². The van der Waals surface area contributed by atoms with Crippen LogP contribution in [0.4, 0.5) is 4.39 Å². The Hall–Kier alpha value is -2.95. The highest BCUT2D eigenvalue weighted by Crippen LogP contribution is 2.36. The van der Waals surface area contributed by atoms with E-state index in [0.717, 1.165) is 0 Å². The van der Waals surface area contributed by atoms with Gasteiger partial charge < -0.3 is 9.32 Å². The van der Waals surface area contributed by atoms with Crippen molar-refractivity contribution >= 4 is 16.9 Å². The normalized spacial score (nSPS) is 16.9. The van der Waals surface area contributed by atoms with Crippen LogP contribution in [0.2, 0.25) is 0 Å². The average Bonchev–Trinajstić information content (AvgIpc) is 2.81. The highest BCUT2D eigenvalue weighted by atomic mass is 19.1. The molecule has 2 heterocycles. The van der Waals surface area contributed by atoms with E-state index < -0.39 is 6.04 Å². The summed E-state index contributed by atoms with van der Waals surface area (Å²) in [5, 5.41) is 0.432. The standard InChI is InChI=1S/C18H12FNO3/c1-20-15(10-6-8-11(19)9-7-10)14-16(21)12-4-2-3-5-13(12)23-17(14)18(20)22/h2-9,15H,1H3/t15-/m0/s1. The predicted octanol–water partition coefficient (Wildman–Crippen LogP) is 3.11. The zero-order chi connectivity index (χ0) is 16.1. The number of halogens is 1. The smallest absolute Gasteiger partial charge is 0.290 e. The molecule has 0 saturated carbocycles.